The molecule has 0 N–H and O–H groups in total. The topological polar surface area (TPSA) is 23.6 Å². The largest absolute Gasteiger partial charge is 0.300 e. The Balaban J connectivity index is 1.62. The first-order chi connectivity index (χ1) is 8.24. The highest BCUT2D eigenvalue weighted by atomic mass is 16.1. The van der Waals surface area contributed by atoms with Gasteiger partial charge in [-0.05, 0) is 45.7 Å². The molecule has 17 heavy (non-hydrogen) atoms. The van der Waals surface area contributed by atoms with Gasteiger partial charge in [0.15, 0.2) is 0 Å². The summed E-state index contributed by atoms with van der Waals surface area (Å²) in [7, 11) is 0. The number of likely N-dealkylation sites (tertiary alicyclic amines) is 1. The van der Waals surface area contributed by atoms with Crippen molar-refractivity contribution in [3.8, 4) is 0 Å². The van der Waals surface area contributed by atoms with Gasteiger partial charge in [0.2, 0.25) is 0 Å². The van der Waals surface area contributed by atoms with Crippen molar-refractivity contribution in [1.29, 1.82) is 0 Å². The minimum Gasteiger partial charge on any atom is -0.300 e. The molecule has 3 heterocycles. The van der Waals surface area contributed by atoms with Crippen LogP contribution < -0.4 is 0 Å². The van der Waals surface area contributed by atoms with Gasteiger partial charge in [-0.25, -0.2) is 0 Å². The number of piperidine rings is 2. The van der Waals surface area contributed by atoms with Crippen LogP contribution in [0.15, 0.2) is 0 Å². The van der Waals surface area contributed by atoms with Gasteiger partial charge in [0.1, 0.15) is 5.78 Å². The van der Waals surface area contributed by atoms with Crippen LogP contribution in [0.1, 0.15) is 45.4 Å². The average molecular weight is 236 g/mol. The molecule has 3 rings (SSSR count). The Kier molecular flexibility index (Phi) is 3.22. The third-order valence-electron chi connectivity index (χ3n) is 5.00. The standard InChI is InChI=1S/C14H24N2O/c1-11-9-14(17)5-8-16(11)13-4-7-15-6-2-3-12(15)10-13/h11-13H,2-10H2,1H3. The van der Waals surface area contributed by atoms with Gasteiger partial charge in [0.05, 0.1) is 0 Å². The molecule has 0 saturated carbocycles. The molecule has 96 valence electrons. The molecule has 3 aliphatic rings. The summed E-state index contributed by atoms with van der Waals surface area (Å²) < 4.78 is 0. The van der Waals surface area contributed by atoms with Crippen molar-refractivity contribution in [2.24, 2.45) is 0 Å². The first-order valence-corrected chi connectivity index (χ1v) is 7.25. The van der Waals surface area contributed by atoms with E-state index >= 15 is 0 Å². The summed E-state index contributed by atoms with van der Waals surface area (Å²) in [6, 6.07) is 2.07. The van der Waals surface area contributed by atoms with E-state index in [2.05, 4.69) is 16.7 Å². The van der Waals surface area contributed by atoms with E-state index in [-0.39, 0.29) is 0 Å². The second-order valence-electron chi connectivity index (χ2n) is 6.09. The summed E-state index contributed by atoms with van der Waals surface area (Å²) in [5.74, 6) is 0.465. The summed E-state index contributed by atoms with van der Waals surface area (Å²) in [5.41, 5.74) is 0. The van der Waals surface area contributed by atoms with E-state index < -0.39 is 0 Å². The van der Waals surface area contributed by atoms with Gasteiger partial charge in [-0.2, -0.15) is 0 Å². The number of hydrogen-bond acceptors (Lipinski definition) is 3. The van der Waals surface area contributed by atoms with Crippen molar-refractivity contribution in [2.45, 2.75) is 63.6 Å². The molecule has 0 amide bonds. The highest BCUT2D eigenvalue weighted by molar-refractivity contribution is 5.79. The lowest BCUT2D eigenvalue weighted by Crippen LogP contribution is -2.53. The fraction of sp³-hybridized carbons (Fsp3) is 0.929. The van der Waals surface area contributed by atoms with Crippen molar-refractivity contribution in [3.63, 3.8) is 0 Å². The van der Waals surface area contributed by atoms with E-state index in [0.717, 1.165) is 31.5 Å². The molecular weight excluding hydrogens is 212 g/mol. The van der Waals surface area contributed by atoms with Gasteiger partial charge in [-0.15, -0.1) is 0 Å². The van der Waals surface area contributed by atoms with Crippen LogP contribution in [0, 0.1) is 0 Å². The first-order valence-electron chi connectivity index (χ1n) is 7.25. The lowest BCUT2D eigenvalue weighted by molar-refractivity contribution is -0.124. The maximum atomic E-state index is 11.4. The molecule has 3 fully saturated rings. The highest BCUT2D eigenvalue weighted by Crippen LogP contribution is 2.31. The van der Waals surface area contributed by atoms with Crippen molar-refractivity contribution in [3.05, 3.63) is 0 Å². The second-order valence-corrected chi connectivity index (χ2v) is 6.09. The summed E-state index contributed by atoms with van der Waals surface area (Å²) >= 11 is 0. The Labute approximate surface area is 104 Å². The Morgan fingerprint density at radius 1 is 1.12 bits per heavy atom. The minimum absolute atomic E-state index is 0.465. The van der Waals surface area contributed by atoms with Gasteiger partial charge >= 0.3 is 0 Å². The quantitative estimate of drug-likeness (QED) is 0.692. The molecule has 0 spiro atoms. The number of fused-ring (bicyclic) bond motifs is 1. The molecule has 0 bridgehead atoms. The fourth-order valence-corrected chi connectivity index (χ4v) is 4.07. The van der Waals surface area contributed by atoms with Crippen molar-refractivity contribution in [1.82, 2.24) is 9.80 Å². The molecule has 3 atom stereocenters. The molecule has 0 aromatic heterocycles. The predicted molar refractivity (Wildman–Crippen MR) is 68.0 cm³/mol. The number of carbonyl (C=O) groups excluding carboxylic acids is 1. The van der Waals surface area contributed by atoms with Gasteiger partial charge < -0.3 is 4.90 Å². The van der Waals surface area contributed by atoms with Crippen molar-refractivity contribution < 1.29 is 4.79 Å². The molecule has 0 radical (unpaired) electrons. The fourth-order valence-electron chi connectivity index (χ4n) is 4.07. The third-order valence-corrected chi connectivity index (χ3v) is 5.00. The van der Waals surface area contributed by atoms with Crippen LogP contribution in [0.5, 0.6) is 0 Å². The van der Waals surface area contributed by atoms with E-state index in [9.17, 15) is 4.79 Å². The van der Waals surface area contributed by atoms with E-state index in [1.165, 1.54) is 38.8 Å². The molecule has 3 nitrogen and oxygen atoms in total. The minimum atomic E-state index is 0.465. The van der Waals surface area contributed by atoms with Crippen LogP contribution in [0.3, 0.4) is 0 Å². The van der Waals surface area contributed by atoms with Gasteiger partial charge in [0, 0.05) is 37.5 Å². The second kappa shape index (κ2) is 4.69. The van der Waals surface area contributed by atoms with Crippen LogP contribution in [0.25, 0.3) is 0 Å². The highest BCUT2D eigenvalue weighted by Gasteiger charge is 2.37. The molecular formula is C14H24N2O. The van der Waals surface area contributed by atoms with E-state index in [1.54, 1.807) is 0 Å². The molecule has 0 aliphatic carbocycles. The molecule has 3 aliphatic heterocycles. The van der Waals surface area contributed by atoms with Crippen molar-refractivity contribution in [2.75, 3.05) is 19.6 Å². The number of Topliss-reactive ketones (excluding diaryl/α,β-unsaturated/α-hetero) is 1. The molecule has 0 aromatic rings. The van der Waals surface area contributed by atoms with Gasteiger partial charge in [-0.3, -0.25) is 9.69 Å². The number of nitrogens with zero attached hydrogens (tertiary/aromatic N) is 2. The summed E-state index contributed by atoms with van der Waals surface area (Å²) in [6.07, 6.45) is 7.02. The zero-order valence-electron chi connectivity index (χ0n) is 10.9. The van der Waals surface area contributed by atoms with Crippen molar-refractivity contribution >= 4 is 5.78 Å². The molecule has 0 aromatic carbocycles. The van der Waals surface area contributed by atoms with Crippen LogP contribution in [0.2, 0.25) is 0 Å². The Morgan fingerprint density at radius 3 is 2.82 bits per heavy atom. The van der Waals surface area contributed by atoms with Crippen LogP contribution in [-0.2, 0) is 4.79 Å². The number of ketones is 1. The van der Waals surface area contributed by atoms with E-state index in [4.69, 9.17) is 0 Å². The lowest BCUT2D eigenvalue weighted by atomic mass is 9.92. The Bertz CT molecular complexity index is 305. The van der Waals surface area contributed by atoms with E-state index in [1.807, 2.05) is 0 Å². The summed E-state index contributed by atoms with van der Waals surface area (Å²) in [4.78, 5) is 16.7. The van der Waals surface area contributed by atoms with Gasteiger partial charge in [0.25, 0.3) is 0 Å². The summed E-state index contributed by atoms with van der Waals surface area (Å²) in [6.45, 7) is 5.85. The first kappa shape index (κ1) is 11.7. The maximum absolute atomic E-state index is 11.4. The zero-order chi connectivity index (χ0) is 11.8. The molecule has 3 unspecified atom stereocenters. The molecule has 3 heteroatoms. The van der Waals surface area contributed by atoms with Gasteiger partial charge in [-0.1, -0.05) is 0 Å². The normalized spacial score (nSPS) is 40.5. The van der Waals surface area contributed by atoms with E-state index in [0.29, 0.717) is 11.8 Å². The van der Waals surface area contributed by atoms with Crippen LogP contribution in [-0.4, -0.2) is 53.3 Å². The molecule has 3 saturated heterocycles. The van der Waals surface area contributed by atoms with Crippen LogP contribution >= 0.6 is 0 Å². The summed E-state index contributed by atoms with van der Waals surface area (Å²) in [5, 5.41) is 0. The maximum Gasteiger partial charge on any atom is 0.135 e. The SMILES string of the molecule is CC1CC(=O)CCN1C1CCN2CCCC2C1. The smallest absolute Gasteiger partial charge is 0.135 e. The number of hydrogen-bond donors (Lipinski definition) is 0. The third kappa shape index (κ3) is 2.27. The predicted octanol–water partition coefficient (Wildman–Crippen LogP) is 1.67. The number of rotatable bonds is 1. The lowest BCUT2D eigenvalue weighted by Gasteiger charge is -2.44. The monoisotopic (exact) mass is 236 g/mol. The average Bonchev–Trinajstić information content (AvgIpc) is 2.75. The van der Waals surface area contributed by atoms with Crippen LogP contribution in [0.4, 0.5) is 0 Å². The number of carbonyl (C=O) groups is 1. The Morgan fingerprint density at radius 2 is 2.00 bits per heavy atom. The zero-order valence-corrected chi connectivity index (χ0v) is 10.9. The Hall–Kier alpha value is -0.410.